The number of anilines is 1. The van der Waals surface area contributed by atoms with Crippen LogP contribution in [0.15, 0.2) is 42.5 Å². The maximum atomic E-state index is 13.7. The second kappa shape index (κ2) is 12.7. The van der Waals surface area contributed by atoms with E-state index < -0.39 is 23.4 Å². The van der Waals surface area contributed by atoms with Crippen LogP contribution in [0.3, 0.4) is 0 Å². The van der Waals surface area contributed by atoms with Gasteiger partial charge >= 0.3 is 11.9 Å². The van der Waals surface area contributed by atoms with Crippen LogP contribution >= 0.6 is 0 Å². The number of aromatic nitrogens is 1. The Morgan fingerprint density at radius 1 is 1.16 bits per heavy atom. The summed E-state index contributed by atoms with van der Waals surface area (Å²) in [5, 5.41) is 24.3. The minimum Gasteiger partial charge on any atom is -0.480 e. The highest BCUT2D eigenvalue weighted by Crippen LogP contribution is 2.39. The molecule has 3 N–H and O–H groups in total. The van der Waals surface area contributed by atoms with Crippen molar-refractivity contribution < 1.29 is 24.6 Å². The molecule has 0 amide bonds. The highest BCUT2D eigenvalue weighted by molar-refractivity contribution is 5.83. The van der Waals surface area contributed by atoms with Crippen LogP contribution in [0, 0.1) is 5.92 Å². The van der Waals surface area contributed by atoms with Crippen molar-refractivity contribution in [3.63, 3.8) is 0 Å². The fourth-order valence-electron chi connectivity index (χ4n) is 5.88. The van der Waals surface area contributed by atoms with Gasteiger partial charge in [-0.15, -0.1) is 5.06 Å². The lowest BCUT2D eigenvalue weighted by atomic mass is 9.75. The predicted octanol–water partition coefficient (Wildman–Crippen LogP) is 4.50. The summed E-state index contributed by atoms with van der Waals surface area (Å²) in [5.74, 6) is -0.140. The third-order valence-corrected chi connectivity index (χ3v) is 8.44. The minimum absolute atomic E-state index is 0.00753. The Morgan fingerprint density at radius 3 is 2.55 bits per heavy atom. The van der Waals surface area contributed by atoms with Crippen molar-refractivity contribution in [2.24, 2.45) is 5.92 Å². The molecule has 1 aromatic heterocycles. The van der Waals surface area contributed by atoms with Gasteiger partial charge < -0.3 is 20.4 Å². The number of carboxylic acid groups (broad SMARTS) is 1. The van der Waals surface area contributed by atoms with Crippen LogP contribution in [0.25, 0.3) is 0 Å². The zero-order chi connectivity index (χ0) is 27.1. The highest BCUT2D eigenvalue weighted by Gasteiger charge is 2.46. The van der Waals surface area contributed by atoms with E-state index in [1.165, 1.54) is 10.6 Å². The average molecular weight is 524 g/mol. The topological polar surface area (TPSA) is 112 Å². The number of hydrogen-bond acceptors (Lipinski definition) is 7. The number of carbonyl (C=O) groups excluding carboxylic acids is 1. The summed E-state index contributed by atoms with van der Waals surface area (Å²) in [6.45, 7) is 4.56. The van der Waals surface area contributed by atoms with Crippen molar-refractivity contribution in [3.8, 4) is 0 Å². The number of pyridine rings is 1. The van der Waals surface area contributed by atoms with Gasteiger partial charge in [0.25, 0.3) is 0 Å². The maximum absolute atomic E-state index is 13.7. The maximum Gasteiger partial charge on any atom is 0.335 e. The van der Waals surface area contributed by atoms with Crippen LogP contribution < -0.4 is 5.32 Å². The largest absolute Gasteiger partial charge is 0.480 e. The molecule has 4 rings (SSSR count). The van der Waals surface area contributed by atoms with Crippen molar-refractivity contribution in [3.05, 3.63) is 59.3 Å². The van der Waals surface area contributed by atoms with Gasteiger partial charge in [0.2, 0.25) is 0 Å². The van der Waals surface area contributed by atoms with Crippen LogP contribution in [0.2, 0.25) is 0 Å². The van der Waals surface area contributed by atoms with Crippen molar-refractivity contribution in [1.82, 2.24) is 10.0 Å². The first-order valence-electron chi connectivity index (χ1n) is 14.0. The molecular weight excluding hydrogens is 482 g/mol. The molecule has 1 fully saturated rings. The molecule has 1 atom stereocenters. The van der Waals surface area contributed by atoms with Gasteiger partial charge in [0.1, 0.15) is 11.9 Å². The quantitative estimate of drug-likeness (QED) is 0.329. The van der Waals surface area contributed by atoms with Crippen LogP contribution in [0.5, 0.6) is 0 Å². The number of aliphatic hydroxyl groups excluding tert-OH is 1. The normalized spacial score (nSPS) is 19.7. The standard InChI is InChI=1S/C30H41N3O5/c1-3-30(4-2,23-10-6-5-7-11-23)29(37)38-33(26(16-18-34)28(35)36)25-19-21(20-25)12-14-24-15-13-22-9-8-17-31-27(22)32-24/h5-7,10-11,13,15,21,25-26,34H,3-4,8-9,12,14,16-20H2,1-2H3,(H,31,32)(H,35,36)/t21?,25?,26-/m0/s1. The van der Waals surface area contributed by atoms with E-state index in [9.17, 15) is 19.8 Å². The van der Waals surface area contributed by atoms with Gasteiger partial charge in [-0.3, -0.25) is 4.79 Å². The minimum atomic E-state index is -1.10. The molecule has 0 spiro atoms. The summed E-state index contributed by atoms with van der Waals surface area (Å²) in [6, 6.07) is 12.5. The first-order chi connectivity index (χ1) is 18.4. The van der Waals surface area contributed by atoms with E-state index in [-0.39, 0.29) is 19.1 Å². The van der Waals surface area contributed by atoms with Crippen LogP contribution in [-0.4, -0.2) is 57.4 Å². The van der Waals surface area contributed by atoms with Gasteiger partial charge in [0, 0.05) is 24.9 Å². The van der Waals surface area contributed by atoms with E-state index >= 15 is 0 Å². The molecule has 8 nitrogen and oxygen atoms in total. The summed E-state index contributed by atoms with van der Waals surface area (Å²) in [5.41, 5.74) is 2.34. The highest BCUT2D eigenvalue weighted by atomic mass is 16.7. The van der Waals surface area contributed by atoms with Crippen LogP contribution in [0.4, 0.5) is 5.82 Å². The van der Waals surface area contributed by atoms with Gasteiger partial charge in [-0.25, -0.2) is 9.78 Å². The number of hydroxylamine groups is 2. The second-order valence-corrected chi connectivity index (χ2v) is 10.6. The number of rotatable bonds is 13. The Kier molecular flexibility index (Phi) is 9.39. The fourth-order valence-corrected chi connectivity index (χ4v) is 5.88. The molecule has 8 heteroatoms. The van der Waals surface area contributed by atoms with Crippen LogP contribution in [-0.2, 0) is 32.7 Å². The third-order valence-electron chi connectivity index (χ3n) is 8.44. The molecule has 1 saturated carbocycles. The number of aliphatic hydroxyl groups is 1. The fraction of sp³-hybridized carbons (Fsp3) is 0.567. The molecule has 38 heavy (non-hydrogen) atoms. The summed E-state index contributed by atoms with van der Waals surface area (Å²) < 4.78 is 0. The van der Waals surface area contributed by atoms with Crippen molar-refractivity contribution in [1.29, 1.82) is 0 Å². The Hall–Kier alpha value is -2.97. The number of carbonyl (C=O) groups is 2. The first-order valence-corrected chi connectivity index (χ1v) is 14.0. The molecule has 0 unspecified atom stereocenters. The zero-order valence-electron chi connectivity index (χ0n) is 22.6. The van der Waals surface area contributed by atoms with Gasteiger partial charge in [-0.2, -0.15) is 0 Å². The zero-order valence-corrected chi connectivity index (χ0v) is 22.6. The number of nitrogens with zero attached hydrogens (tertiary/aromatic N) is 2. The second-order valence-electron chi connectivity index (χ2n) is 10.6. The van der Waals surface area contributed by atoms with E-state index in [1.54, 1.807) is 0 Å². The summed E-state index contributed by atoms with van der Waals surface area (Å²) >= 11 is 0. The molecule has 206 valence electrons. The number of aryl methyl sites for hydroxylation is 2. The number of benzene rings is 1. The van der Waals surface area contributed by atoms with E-state index in [1.807, 2.05) is 44.2 Å². The third kappa shape index (κ3) is 6.02. The van der Waals surface area contributed by atoms with Crippen molar-refractivity contribution >= 4 is 17.8 Å². The number of aliphatic carboxylic acids is 1. The number of hydrogen-bond donors (Lipinski definition) is 3. The smallest absolute Gasteiger partial charge is 0.335 e. The van der Waals surface area contributed by atoms with E-state index in [2.05, 4.69) is 17.4 Å². The molecule has 2 heterocycles. The van der Waals surface area contributed by atoms with E-state index in [4.69, 9.17) is 9.82 Å². The molecule has 1 aliphatic heterocycles. The summed E-state index contributed by atoms with van der Waals surface area (Å²) in [7, 11) is 0. The van der Waals surface area contributed by atoms with Gasteiger partial charge in [0.15, 0.2) is 0 Å². The molecular formula is C30H41N3O5. The molecule has 0 bridgehead atoms. The lowest BCUT2D eigenvalue weighted by Gasteiger charge is -2.45. The predicted molar refractivity (Wildman–Crippen MR) is 146 cm³/mol. The summed E-state index contributed by atoms with van der Waals surface area (Å²) in [4.78, 5) is 36.6. The molecule has 2 aromatic rings. The van der Waals surface area contributed by atoms with E-state index in [0.29, 0.717) is 18.8 Å². The van der Waals surface area contributed by atoms with Gasteiger partial charge in [-0.05, 0) is 80.9 Å². The van der Waals surface area contributed by atoms with Gasteiger partial charge in [0.05, 0.1) is 5.41 Å². The van der Waals surface area contributed by atoms with Crippen molar-refractivity contribution in [2.75, 3.05) is 18.5 Å². The lowest BCUT2D eigenvalue weighted by molar-refractivity contribution is -0.239. The van der Waals surface area contributed by atoms with E-state index in [0.717, 1.165) is 62.1 Å². The molecule has 0 saturated heterocycles. The molecule has 1 aromatic carbocycles. The Morgan fingerprint density at radius 2 is 1.89 bits per heavy atom. The Balaban J connectivity index is 1.44. The van der Waals surface area contributed by atoms with Crippen molar-refractivity contribution in [2.45, 2.75) is 89.1 Å². The SMILES string of the molecule is CCC(CC)(C(=O)ON(C1CC(CCc2ccc3c(n2)NCCC3)C1)[C@@H](CCO)C(=O)O)c1ccccc1. The average Bonchev–Trinajstić information content (AvgIpc) is 2.91. The number of nitrogens with one attached hydrogen (secondary N) is 1. The molecule has 0 radical (unpaired) electrons. The first kappa shape index (κ1) is 28.0. The number of fused-ring (bicyclic) bond motifs is 1. The number of carboxylic acids is 1. The van der Waals surface area contributed by atoms with Crippen LogP contribution in [0.1, 0.15) is 75.6 Å². The summed E-state index contributed by atoms with van der Waals surface area (Å²) in [6.07, 6.45) is 6.54. The van der Waals surface area contributed by atoms with Gasteiger partial charge in [-0.1, -0.05) is 50.2 Å². The molecule has 1 aliphatic carbocycles. The Bertz CT molecular complexity index is 1080. The Labute approximate surface area is 225 Å². The monoisotopic (exact) mass is 523 g/mol. The lowest BCUT2D eigenvalue weighted by Crippen LogP contribution is -2.55. The molecule has 2 aliphatic rings.